The SMILES string of the molecule is COc1ccc(-c2cc(C(=O)Nc3ccc(Cl)cc3C)nn2[C@H]2CCS(=O)(=O)C2)cc1. The summed E-state index contributed by atoms with van der Waals surface area (Å²) in [5.74, 6) is 0.453. The summed E-state index contributed by atoms with van der Waals surface area (Å²) in [6.45, 7) is 1.85. The van der Waals surface area contributed by atoms with Gasteiger partial charge in [-0.1, -0.05) is 11.6 Å². The number of hydrogen-bond acceptors (Lipinski definition) is 5. The number of halogens is 1. The van der Waals surface area contributed by atoms with Gasteiger partial charge in [-0.3, -0.25) is 9.48 Å². The van der Waals surface area contributed by atoms with Crippen molar-refractivity contribution in [3.8, 4) is 17.0 Å². The first kappa shape index (κ1) is 21.4. The molecule has 0 spiro atoms. The molecule has 0 unspecified atom stereocenters. The number of ether oxygens (including phenoxy) is 1. The van der Waals surface area contributed by atoms with E-state index in [-0.39, 0.29) is 29.1 Å². The lowest BCUT2D eigenvalue weighted by Gasteiger charge is -2.13. The van der Waals surface area contributed by atoms with Crippen LogP contribution in [-0.2, 0) is 9.84 Å². The Morgan fingerprint density at radius 2 is 1.94 bits per heavy atom. The van der Waals surface area contributed by atoms with Gasteiger partial charge in [0.05, 0.1) is 30.4 Å². The maximum Gasteiger partial charge on any atom is 0.276 e. The van der Waals surface area contributed by atoms with Gasteiger partial charge in [-0.05, 0) is 67.4 Å². The monoisotopic (exact) mass is 459 g/mol. The zero-order chi connectivity index (χ0) is 22.2. The normalized spacial score (nSPS) is 17.5. The Labute approximate surface area is 185 Å². The summed E-state index contributed by atoms with van der Waals surface area (Å²) in [5, 5.41) is 7.95. The summed E-state index contributed by atoms with van der Waals surface area (Å²) in [7, 11) is -1.53. The highest BCUT2D eigenvalue weighted by Crippen LogP contribution is 2.31. The van der Waals surface area contributed by atoms with E-state index in [0.717, 1.165) is 11.1 Å². The minimum Gasteiger partial charge on any atom is -0.497 e. The number of hydrogen-bond donors (Lipinski definition) is 1. The van der Waals surface area contributed by atoms with Crippen molar-refractivity contribution >= 4 is 33.0 Å². The molecule has 0 aliphatic carbocycles. The number of sulfone groups is 1. The van der Waals surface area contributed by atoms with Crippen LogP contribution in [0.3, 0.4) is 0 Å². The van der Waals surface area contributed by atoms with Crippen LogP contribution in [0.2, 0.25) is 5.02 Å². The molecule has 7 nitrogen and oxygen atoms in total. The zero-order valence-corrected chi connectivity index (χ0v) is 18.7. The van der Waals surface area contributed by atoms with Crippen LogP contribution in [-0.4, -0.2) is 42.7 Å². The summed E-state index contributed by atoms with van der Waals surface area (Å²) in [6, 6.07) is 13.9. The van der Waals surface area contributed by atoms with Crippen LogP contribution in [0.4, 0.5) is 5.69 Å². The summed E-state index contributed by atoms with van der Waals surface area (Å²) < 4.78 is 31.0. The summed E-state index contributed by atoms with van der Waals surface area (Å²) >= 11 is 5.99. The summed E-state index contributed by atoms with van der Waals surface area (Å²) in [5.41, 5.74) is 3.18. The Hall–Kier alpha value is -2.84. The molecule has 0 saturated carbocycles. The Kier molecular flexibility index (Phi) is 5.77. The van der Waals surface area contributed by atoms with Crippen LogP contribution < -0.4 is 10.1 Å². The van der Waals surface area contributed by atoms with Gasteiger partial charge in [0.1, 0.15) is 5.75 Å². The quantitative estimate of drug-likeness (QED) is 0.619. The lowest BCUT2D eigenvalue weighted by Crippen LogP contribution is -2.17. The molecule has 0 radical (unpaired) electrons. The highest BCUT2D eigenvalue weighted by Gasteiger charge is 2.32. The van der Waals surface area contributed by atoms with Gasteiger partial charge in [0.25, 0.3) is 5.91 Å². The number of amides is 1. The van der Waals surface area contributed by atoms with Crippen molar-refractivity contribution in [3.63, 3.8) is 0 Å². The molecule has 31 heavy (non-hydrogen) atoms. The van der Waals surface area contributed by atoms with Crippen molar-refractivity contribution in [1.29, 1.82) is 0 Å². The lowest BCUT2D eigenvalue weighted by molar-refractivity contribution is 0.102. The largest absolute Gasteiger partial charge is 0.497 e. The molecule has 162 valence electrons. The average molecular weight is 460 g/mol. The Balaban J connectivity index is 1.70. The van der Waals surface area contributed by atoms with E-state index in [4.69, 9.17) is 16.3 Å². The molecule has 1 atom stereocenters. The molecule has 2 heterocycles. The second-order valence-corrected chi connectivity index (χ2v) is 10.2. The molecule has 9 heteroatoms. The number of nitrogens with zero attached hydrogens (tertiary/aromatic N) is 2. The van der Waals surface area contributed by atoms with Crippen LogP contribution >= 0.6 is 11.6 Å². The first-order valence-electron chi connectivity index (χ1n) is 9.77. The molecule has 4 rings (SSSR count). The molecule has 1 aliphatic rings. The number of benzene rings is 2. The van der Waals surface area contributed by atoms with Gasteiger partial charge < -0.3 is 10.1 Å². The van der Waals surface area contributed by atoms with Crippen LogP contribution in [0.1, 0.15) is 28.5 Å². The Morgan fingerprint density at radius 3 is 2.55 bits per heavy atom. The molecule has 1 aromatic heterocycles. The van der Waals surface area contributed by atoms with E-state index in [1.807, 2.05) is 31.2 Å². The van der Waals surface area contributed by atoms with Crippen molar-refractivity contribution in [2.45, 2.75) is 19.4 Å². The molecule has 2 aromatic carbocycles. The molecule has 1 amide bonds. The fourth-order valence-electron chi connectivity index (χ4n) is 3.68. The number of anilines is 1. The lowest BCUT2D eigenvalue weighted by atomic mass is 10.1. The first-order valence-corrected chi connectivity index (χ1v) is 12.0. The summed E-state index contributed by atoms with van der Waals surface area (Å²) in [4.78, 5) is 12.9. The maximum atomic E-state index is 12.9. The summed E-state index contributed by atoms with van der Waals surface area (Å²) in [6.07, 6.45) is 0.463. The standard InChI is InChI=1S/C22H22ClN3O4S/c1-14-11-16(23)5-8-19(14)24-22(27)20-12-21(15-3-6-18(30-2)7-4-15)26(25-20)17-9-10-31(28,29)13-17/h3-8,11-12,17H,9-10,13H2,1-2H3,(H,24,27)/t17-/m0/s1. The van der Waals surface area contributed by atoms with Crippen molar-refractivity contribution in [3.05, 3.63) is 64.8 Å². The second kappa shape index (κ2) is 8.36. The predicted octanol–water partition coefficient (Wildman–Crippen LogP) is 4.13. The predicted molar refractivity (Wildman–Crippen MR) is 121 cm³/mol. The molecule has 1 fully saturated rings. The van der Waals surface area contributed by atoms with Crippen LogP contribution in [0.15, 0.2) is 48.5 Å². The van der Waals surface area contributed by atoms with Crippen LogP contribution in [0.5, 0.6) is 5.75 Å². The Morgan fingerprint density at radius 1 is 1.19 bits per heavy atom. The maximum absolute atomic E-state index is 12.9. The van der Waals surface area contributed by atoms with E-state index in [2.05, 4.69) is 10.4 Å². The van der Waals surface area contributed by atoms with Crippen molar-refractivity contribution < 1.29 is 17.9 Å². The molecular formula is C22H22ClN3O4S. The third-order valence-electron chi connectivity index (χ3n) is 5.35. The van der Waals surface area contributed by atoms with Crippen molar-refractivity contribution in [2.24, 2.45) is 0 Å². The number of carbonyl (C=O) groups is 1. The van der Waals surface area contributed by atoms with E-state index in [9.17, 15) is 13.2 Å². The number of rotatable bonds is 5. The van der Waals surface area contributed by atoms with E-state index < -0.39 is 9.84 Å². The number of carbonyl (C=O) groups excluding carboxylic acids is 1. The third kappa shape index (κ3) is 4.60. The van der Waals surface area contributed by atoms with E-state index in [0.29, 0.717) is 28.6 Å². The van der Waals surface area contributed by atoms with Crippen molar-refractivity contribution in [2.75, 3.05) is 23.9 Å². The van der Waals surface area contributed by atoms with Crippen molar-refractivity contribution in [1.82, 2.24) is 9.78 Å². The van der Waals surface area contributed by atoms with E-state index in [1.165, 1.54) is 0 Å². The first-order chi connectivity index (χ1) is 14.8. The number of aromatic nitrogens is 2. The van der Waals surface area contributed by atoms with E-state index >= 15 is 0 Å². The smallest absolute Gasteiger partial charge is 0.276 e. The fourth-order valence-corrected chi connectivity index (χ4v) is 5.60. The van der Waals surface area contributed by atoms with Crippen LogP contribution in [0.25, 0.3) is 11.3 Å². The Bertz CT molecular complexity index is 1240. The molecular weight excluding hydrogens is 438 g/mol. The number of methoxy groups -OCH3 is 1. The van der Waals surface area contributed by atoms with Crippen LogP contribution in [0, 0.1) is 6.92 Å². The van der Waals surface area contributed by atoms with Gasteiger partial charge in [-0.25, -0.2) is 8.42 Å². The molecule has 1 aliphatic heterocycles. The average Bonchev–Trinajstić information content (AvgIpc) is 3.33. The van der Waals surface area contributed by atoms with Gasteiger partial charge in [0, 0.05) is 16.3 Å². The molecule has 3 aromatic rings. The topological polar surface area (TPSA) is 90.3 Å². The molecule has 0 bridgehead atoms. The zero-order valence-electron chi connectivity index (χ0n) is 17.1. The van der Waals surface area contributed by atoms with Gasteiger partial charge in [-0.2, -0.15) is 5.10 Å². The number of aryl methyl sites for hydroxylation is 1. The number of nitrogens with one attached hydrogen (secondary N) is 1. The minimum absolute atomic E-state index is 0.00911. The highest BCUT2D eigenvalue weighted by atomic mass is 35.5. The van der Waals surface area contributed by atoms with Gasteiger partial charge in [-0.15, -0.1) is 0 Å². The second-order valence-electron chi connectivity index (χ2n) is 7.56. The van der Waals surface area contributed by atoms with E-state index in [1.54, 1.807) is 36.1 Å². The molecule has 1 N–H and O–H groups in total. The third-order valence-corrected chi connectivity index (χ3v) is 7.33. The minimum atomic E-state index is -3.12. The fraction of sp³-hybridized carbons (Fsp3) is 0.273. The van der Waals surface area contributed by atoms with Gasteiger partial charge in [0.2, 0.25) is 0 Å². The molecule has 1 saturated heterocycles. The van der Waals surface area contributed by atoms with Gasteiger partial charge >= 0.3 is 0 Å². The van der Waals surface area contributed by atoms with Gasteiger partial charge in [0.15, 0.2) is 15.5 Å². The highest BCUT2D eigenvalue weighted by molar-refractivity contribution is 7.91.